The van der Waals surface area contributed by atoms with Crippen LogP contribution in [0.4, 0.5) is 18.0 Å². The number of hydrogen-bond acceptors (Lipinski definition) is 5. The van der Waals surface area contributed by atoms with E-state index in [2.05, 4.69) is 9.64 Å². The SMILES string of the molecule is CC(OC(=O)N1CCC2(CCCN2Cc2ccc(Cl)cc2OCCCC(=O)O)CC1)C(F)(F)F. The second kappa shape index (κ2) is 11.0. The normalized spacial score (nSPS) is 19.3. The molecule has 1 amide bonds. The van der Waals surface area contributed by atoms with Gasteiger partial charge in [-0.1, -0.05) is 17.7 Å². The number of carboxylic acids is 1. The van der Waals surface area contributed by atoms with Gasteiger partial charge in [-0.3, -0.25) is 9.69 Å². The molecule has 2 aliphatic heterocycles. The van der Waals surface area contributed by atoms with Crippen molar-refractivity contribution in [3.8, 4) is 5.75 Å². The summed E-state index contributed by atoms with van der Waals surface area (Å²) in [5.41, 5.74) is 0.786. The molecule has 11 heteroatoms. The topological polar surface area (TPSA) is 79.3 Å². The highest BCUT2D eigenvalue weighted by molar-refractivity contribution is 6.30. The average Bonchev–Trinajstić information content (AvgIpc) is 3.14. The fourth-order valence-corrected chi connectivity index (χ4v) is 4.77. The molecule has 1 unspecified atom stereocenters. The lowest BCUT2D eigenvalue weighted by molar-refractivity contribution is -0.200. The first-order valence-corrected chi connectivity index (χ1v) is 11.8. The number of ether oxygens (including phenoxy) is 2. The molecule has 1 atom stereocenters. The highest BCUT2D eigenvalue weighted by atomic mass is 35.5. The molecular formula is C23H30ClF3N2O5. The molecule has 34 heavy (non-hydrogen) atoms. The number of amides is 1. The summed E-state index contributed by atoms with van der Waals surface area (Å²) in [7, 11) is 0. The Morgan fingerprint density at radius 2 is 1.91 bits per heavy atom. The number of piperidine rings is 1. The third kappa shape index (κ3) is 6.69. The van der Waals surface area contributed by atoms with Crippen molar-refractivity contribution >= 4 is 23.7 Å². The third-order valence-electron chi connectivity index (χ3n) is 6.61. The number of benzene rings is 1. The summed E-state index contributed by atoms with van der Waals surface area (Å²) < 4.78 is 48.6. The quantitative estimate of drug-likeness (QED) is 0.494. The molecule has 2 fully saturated rings. The van der Waals surface area contributed by atoms with Crippen molar-refractivity contribution in [2.75, 3.05) is 26.2 Å². The van der Waals surface area contributed by atoms with Crippen LogP contribution < -0.4 is 4.74 Å². The van der Waals surface area contributed by atoms with Crippen LogP contribution in [-0.4, -0.2) is 71.0 Å². The van der Waals surface area contributed by atoms with E-state index in [-0.39, 0.29) is 18.6 Å². The number of carbonyl (C=O) groups excluding carboxylic acids is 1. The van der Waals surface area contributed by atoms with Gasteiger partial charge in [0.1, 0.15) is 5.75 Å². The number of halogens is 4. The fraction of sp³-hybridized carbons (Fsp3) is 0.652. The van der Waals surface area contributed by atoms with E-state index in [0.717, 1.165) is 31.9 Å². The Balaban J connectivity index is 1.61. The van der Waals surface area contributed by atoms with Crippen LogP contribution in [0.15, 0.2) is 18.2 Å². The van der Waals surface area contributed by atoms with Gasteiger partial charge in [0, 0.05) is 42.2 Å². The van der Waals surface area contributed by atoms with Gasteiger partial charge in [-0.25, -0.2) is 4.79 Å². The van der Waals surface area contributed by atoms with E-state index in [4.69, 9.17) is 21.4 Å². The molecule has 3 rings (SSSR count). The standard InChI is InChI=1S/C23H30ClF3N2O5/c1-16(23(25,26)27)34-21(32)28-11-8-22(9-12-28)7-3-10-29(22)15-17-5-6-18(24)14-19(17)33-13-2-4-20(30)31/h5-6,14,16H,2-4,7-13,15H2,1H3,(H,30,31). The highest BCUT2D eigenvalue weighted by Crippen LogP contribution is 2.40. The van der Waals surface area contributed by atoms with E-state index in [1.54, 1.807) is 12.1 Å². The Bertz CT molecular complexity index is 875. The van der Waals surface area contributed by atoms with Crippen LogP contribution >= 0.6 is 11.6 Å². The van der Waals surface area contributed by atoms with Gasteiger partial charge >= 0.3 is 18.2 Å². The van der Waals surface area contributed by atoms with E-state index in [9.17, 15) is 22.8 Å². The molecule has 0 saturated carbocycles. The van der Waals surface area contributed by atoms with Crippen molar-refractivity contribution in [1.29, 1.82) is 0 Å². The zero-order chi connectivity index (χ0) is 24.9. The zero-order valence-electron chi connectivity index (χ0n) is 19.1. The summed E-state index contributed by atoms with van der Waals surface area (Å²) in [5.74, 6) is -0.265. The molecule has 0 radical (unpaired) electrons. The van der Waals surface area contributed by atoms with Crippen LogP contribution in [0.3, 0.4) is 0 Å². The summed E-state index contributed by atoms with van der Waals surface area (Å²) in [6, 6.07) is 5.40. The number of rotatable bonds is 8. The maximum absolute atomic E-state index is 12.7. The Hall–Kier alpha value is -2.20. The van der Waals surface area contributed by atoms with Crippen molar-refractivity contribution in [3.63, 3.8) is 0 Å². The maximum Gasteiger partial charge on any atom is 0.425 e. The molecule has 2 heterocycles. The molecule has 0 aliphatic carbocycles. The van der Waals surface area contributed by atoms with Gasteiger partial charge < -0.3 is 19.5 Å². The summed E-state index contributed by atoms with van der Waals surface area (Å²) in [4.78, 5) is 26.6. The number of carboxylic acid groups (broad SMARTS) is 1. The lowest BCUT2D eigenvalue weighted by Gasteiger charge is -2.45. The lowest BCUT2D eigenvalue weighted by Crippen LogP contribution is -2.53. The van der Waals surface area contributed by atoms with Gasteiger partial charge in [-0.2, -0.15) is 13.2 Å². The van der Waals surface area contributed by atoms with Gasteiger partial charge in [0.05, 0.1) is 6.61 Å². The second-order valence-electron chi connectivity index (χ2n) is 8.90. The molecule has 0 bridgehead atoms. The number of aliphatic carboxylic acids is 1. The average molecular weight is 507 g/mol. The van der Waals surface area contributed by atoms with Crippen molar-refractivity contribution in [1.82, 2.24) is 9.80 Å². The molecule has 2 saturated heterocycles. The van der Waals surface area contributed by atoms with Crippen LogP contribution in [0.25, 0.3) is 0 Å². The van der Waals surface area contributed by atoms with E-state index in [1.165, 1.54) is 4.90 Å². The predicted molar refractivity (Wildman–Crippen MR) is 119 cm³/mol. The smallest absolute Gasteiger partial charge is 0.425 e. The number of likely N-dealkylation sites (tertiary alicyclic amines) is 2. The maximum atomic E-state index is 12.7. The molecule has 7 nitrogen and oxygen atoms in total. The van der Waals surface area contributed by atoms with Gasteiger partial charge in [0.25, 0.3) is 0 Å². The Morgan fingerprint density at radius 3 is 2.56 bits per heavy atom. The number of hydrogen-bond donors (Lipinski definition) is 1. The molecular weight excluding hydrogens is 477 g/mol. The van der Waals surface area contributed by atoms with E-state index >= 15 is 0 Å². The highest BCUT2D eigenvalue weighted by Gasteiger charge is 2.45. The number of carbonyl (C=O) groups is 2. The molecule has 1 N–H and O–H groups in total. The van der Waals surface area contributed by atoms with Gasteiger partial charge in [0.15, 0.2) is 6.10 Å². The third-order valence-corrected chi connectivity index (χ3v) is 6.85. The first-order valence-electron chi connectivity index (χ1n) is 11.4. The van der Waals surface area contributed by atoms with Crippen LogP contribution in [0, 0.1) is 0 Å². The first-order chi connectivity index (χ1) is 16.0. The minimum Gasteiger partial charge on any atom is -0.493 e. The van der Waals surface area contributed by atoms with Crippen molar-refractivity contribution < 1.29 is 37.3 Å². The van der Waals surface area contributed by atoms with E-state index in [1.807, 2.05) is 6.07 Å². The van der Waals surface area contributed by atoms with Crippen molar-refractivity contribution in [3.05, 3.63) is 28.8 Å². The van der Waals surface area contributed by atoms with Gasteiger partial charge in [0.2, 0.25) is 0 Å². The molecule has 1 aromatic rings. The van der Waals surface area contributed by atoms with Crippen LogP contribution in [0.5, 0.6) is 5.75 Å². The van der Waals surface area contributed by atoms with E-state index in [0.29, 0.717) is 49.7 Å². The van der Waals surface area contributed by atoms with Crippen LogP contribution in [-0.2, 0) is 16.1 Å². The van der Waals surface area contributed by atoms with Gasteiger partial charge in [-0.05, 0) is 57.7 Å². The van der Waals surface area contributed by atoms with E-state index < -0.39 is 24.3 Å². The Morgan fingerprint density at radius 1 is 1.21 bits per heavy atom. The van der Waals surface area contributed by atoms with Crippen molar-refractivity contribution in [2.45, 2.75) is 69.8 Å². The summed E-state index contributed by atoms with van der Waals surface area (Å²) in [6.07, 6.45) is -4.04. The first kappa shape index (κ1) is 26.4. The lowest BCUT2D eigenvalue weighted by atomic mass is 9.85. The molecule has 2 aliphatic rings. The summed E-state index contributed by atoms with van der Waals surface area (Å²) >= 11 is 6.14. The predicted octanol–water partition coefficient (Wildman–Crippen LogP) is 5.10. The van der Waals surface area contributed by atoms with Crippen LogP contribution in [0.1, 0.15) is 51.0 Å². The Labute approximate surface area is 201 Å². The zero-order valence-corrected chi connectivity index (χ0v) is 19.8. The summed E-state index contributed by atoms with van der Waals surface area (Å²) in [5, 5.41) is 9.33. The van der Waals surface area contributed by atoms with Crippen LogP contribution in [0.2, 0.25) is 5.02 Å². The number of nitrogens with zero attached hydrogens (tertiary/aromatic N) is 2. The molecule has 1 spiro atoms. The monoisotopic (exact) mass is 506 g/mol. The largest absolute Gasteiger partial charge is 0.493 e. The second-order valence-corrected chi connectivity index (χ2v) is 9.34. The minimum atomic E-state index is -4.58. The Kier molecular flexibility index (Phi) is 8.57. The molecule has 0 aromatic heterocycles. The summed E-state index contributed by atoms with van der Waals surface area (Å²) in [6.45, 7) is 3.21. The number of alkyl halides is 3. The molecule has 190 valence electrons. The van der Waals surface area contributed by atoms with Crippen molar-refractivity contribution in [2.24, 2.45) is 0 Å². The minimum absolute atomic E-state index is 0.0197. The fourth-order valence-electron chi connectivity index (χ4n) is 4.61. The molecule has 1 aromatic carbocycles. The van der Waals surface area contributed by atoms with Gasteiger partial charge in [-0.15, -0.1) is 0 Å².